The molecule has 0 amide bonds. The maximum atomic E-state index is 13.0. The van der Waals surface area contributed by atoms with Crippen LogP contribution >= 0.6 is 0 Å². The lowest BCUT2D eigenvalue weighted by Crippen LogP contribution is -2.36. The molecule has 3 heterocycles. The Morgan fingerprint density at radius 1 is 1.03 bits per heavy atom. The highest BCUT2D eigenvalue weighted by Gasteiger charge is 2.22. The van der Waals surface area contributed by atoms with Crippen LogP contribution in [0, 0.1) is 16.0 Å². The van der Waals surface area contributed by atoms with Crippen LogP contribution < -0.4 is 10.5 Å². The average Bonchev–Trinajstić information content (AvgIpc) is 2.85. The number of fused-ring (bicyclic) bond motifs is 1. The summed E-state index contributed by atoms with van der Waals surface area (Å²) in [7, 11) is 0. The van der Waals surface area contributed by atoms with E-state index in [1.165, 1.54) is 17.7 Å². The molecule has 1 N–H and O–H groups in total. The lowest BCUT2D eigenvalue weighted by molar-refractivity contribution is -0.384. The van der Waals surface area contributed by atoms with E-state index < -0.39 is 4.92 Å². The van der Waals surface area contributed by atoms with Crippen LogP contribution in [0.1, 0.15) is 18.4 Å². The van der Waals surface area contributed by atoms with Crippen LogP contribution in [-0.2, 0) is 6.42 Å². The van der Waals surface area contributed by atoms with Gasteiger partial charge in [-0.25, -0.2) is 4.98 Å². The van der Waals surface area contributed by atoms with E-state index in [1.54, 1.807) is 24.4 Å². The number of nitro benzene ring substituents is 1. The van der Waals surface area contributed by atoms with Crippen LogP contribution in [0.15, 0.2) is 71.7 Å². The van der Waals surface area contributed by atoms with Crippen molar-refractivity contribution >= 4 is 22.7 Å². The molecule has 0 unspecified atom stereocenters. The molecule has 0 bridgehead atoms. The van der Waals surface area contributed by atoms with Gasteiger partial charge in [0.1, 0.15) is 0 Å². The molecule has 1 aliphatic heterocycles. The molecule has 8 nitrogen and oxygen atoms in total. The number of anilines is 1. The smallest absolute Gasteiger partial charge is 0.269 e. The number of aromatic amines is 1. The fourth-order valence-corrected chi connectivity index (χ4v) is 4.50. The van der Waals surface area contributed by atoms with Gasteiger partial charge in [-0.2, -0.15) is 4.98 Å². The first-order valence-corrected chi connectivity index (χ1v) is 11.0. The molecule has 2 aromatic carbocycles. The summed E-state index contributed by atoms with van der Waals surface area (Å²) in [5, 5.41) is 11.3. The molecule has 2 aromatic heterocycles. The monoisotopic (exact) mass is 441 g/mol. The van der Waals surface area contributed by atoms with Crippen LogP contribution in [0.2, 0.25) is 0 Å². The zero-order chi connectivity index (χ0) is 22.8. The summed E-state index contributed by atoms with van der Waals surface area (Å²) in [6.45, 7) is 1.65. The molecule has 33 heavy (non-hydrogen) atoms. The standard InChI is InChI=1S/C25H23N5O3/c31-24-22-21(19-6-8-20(9-7-19)30(32)33)10-13-26-23(22)27-25(28-24)29-14-11-18(12-15-29)16-17-4-2-1-3-5-17/h1-10,13,18H,11-12,14-16H2,(H,26,27,28,31). The highest BCUT2D eigenvalue weighted by atomic mass is 16.6. The number of nitro groups is 1. The minimum absolute atomic E-state index is 0.00194. The summed E-state index contributed by atoms with van der Waals surface area (Å²) in [5.74, 6) is 1.15. The van der Waals surface area contributed by atoms with Crippen molar-refractivity contribution in [3.05, 3.63) is 92.9 Å². The lowest BCUT2D eigenvalue weighted by Gasteiger charge is -2.32. The molecule has 166 valence electrons. The van der Waals surface area contributed by atoms with Crippen LogP contribution in [0.3, 0.4) is 0 Å². The summed E-state index contributed by atoms with van der Waals surface area (Å²) in [5.41, 5.74) is 2.82. The third-order valence-corrected chi connectivity index (χ3v) is 6.27. The minimum Gasteiger partial charge on any atom is -0.342 e. The van der Waals surface area contributed by atoms with E-state index in [-0.39, 0.29) is 11.2 Å². The molecule has 0 aliphatic carbocycles. The molecular formula is C25H23N5O3. The number of nitrogens with one attached hydrogen (secondary N) is 1. The number of rotatable bonds is 5. The molecule has 1 aliphatic rings. The van der Waals surface area contributed by atoms with Crippen LogP contribution in [-0.4, -0.2) is 33.0 Å². The van der Waals surface area contributed by atoms with Gasteiger partial charge < -0.3 is 4.90 Å². The van der Waals surface area contributed by atoms with Crippen molar-refractivity contribution in [3.63, 3.8) is 0 Å². The van der Waals surface area contributed by atoms with Crippen molar-refractivity contribution in [2.24, 2.45) is 5.92 Å². The Balaban J connectivity index is 1.38. The van der Waals surface area contributed by atoms with Crippen molar-refractivity contribution < 1.29 is 4.92 Å². The number of hydrogen-bond acceptors (Lipinski definition) is 6. The van der Waals surface area contributed by atoms with Gasteiger partial charge in [-0.1, -0.05) is 30.3 Å². The molecule has 1 fully saturated rings. The number of aromatic nitrogens is 3. The van der Waals surface area contributed by atoms with Gasteiger partial charge >= 0.3 is 0 Å². The summed E-state index contributed by atoms with van der Waals surface area (Å²) in [6, 6.07) is 18.4. The number of piperidine rings is 1. The normalized spacial score (nSPS) is 14.5. The number of nitrogens with zero attached hydrogens (tertiary/aromatic N) is 4. The molecule has 0 atom stereocenters. The number of pyridine rings is 1. The Hall–Kier alpha value is -4.07. The maximum Gasteiger partial charge on any atom is 0.269 e. The van der Waals surface area contributed by atoms with Crippen molar-refractivity contribution in [1.29, 1.82) is 0 Å². The molecule has 0 spiro atoms. The highest BCUT2D eigenvalue weighted by molar-refractivity contribution is 5.92. The van der Waals surface area contributed by atoms with Gasteiger partial charge in [0.15, 0.2) is 5.65 Å². The Kier molecular flexibility index (Phi) is 5.56. The average molecular weight is 441 g/mol. The summed E-state index contributed by atoms with van der Waals surface area (Å²) < 4.78 is 0. The number of hydrogen-bond donors (Lipinski definition) is 1. The van der Waals surface area contributed by atoms with Crippen LogP contribution in [0.4, 0.5) is 11.6 Å². The van der Waals surface area contributed by atoms with E-state index in [0.29, 0.717) is 34.0 Å². The predicted molar refractivity (Wildman–Crippen MR) is 127 cm³/mol. The van der Waals surface area contributed by atoms with Crippen molar-refractivity contribution in [3.8, 4) is 11.1 Å². The van der Waals surface area contributed by atoms with E-state index in [4.69, 9.17) is 0 Å². The zero-order valence-corrected chi connectivity index (χ0v) is 18.0. The van der Waals surface area contributed by atoms with Gasteiger partial charge in [0.25, 0.3) is 11.2 Å². The molecule has 0 radical (unpaired) electrons. The Morgan fingerprint density at radius 2 is 1.76 bits per heavy atom. The SMILES string of the molecule is O=c1[nH]c(N2CCC(Cc3ccccc3)CC2)nc2nccc(-c3ccc([N+](=O)[O-])cc3)c12. The minimum atomic E-state index is -0.446. The summed E-state index contributed by atoms with van der Waals surface area (Å²) in [6.07, 6.45) is 4.75. The number of H-pyrrole nitrogens is 1. The first-order valence-electron chi connectivity index (χ1n) is 11.0. The first kappa shape index (κ1) is 20.8. The van der Waals surface area contributed by atoms with Crippen molar-refractivity contribution in [1.82, 2.24) is 15.0 Å². The van der Waals surface area contributed by atoms with Gasteiger partial charge in [0.05, 0.1) is 10.3 Å². The number of benzene rings is 2. The van der Waals surface area contributed by atoms with E-state index in [2.05, 4.69) is 44.1 Å². The zero-order valence-electron chi connectivity index (χ0n) is 18.0. The Morgan fingerprint density at radius 3 is 2.45 bits per heavy atom. The van der Waals surface area contributed by atoms with Gasteiger partial charge in [0.2, 0.25) is 5.95 Å². The second-order valence-corrected chi connectivity index (χ2v) is 8.37. The van der Waals surface area contributed by atoms with E-state index in [0.717, 1.165) is 32.4 Å². The van der Waals surface area contributed by atoms with Crippen molar-refractivity contribution in [2.45, 2.75) is 19.3 Å². The topological polar surface area (TPSA) is 105 Å². The highest BCUT2D eigenvalue weighted by Crippen LogP contribution is 2.28. The van der Waals surface area contributed by atoms with Gasteiger partial charge in [-0.3, -0.25) is 19.9 Å². The fourth-order valence-electron chi connectivity index (χ4n) is 4.50. The molecule has 1 saturated heterocycles. The summed E-state index contributed by atoms with van der Waals surface area (Å²) in [4.78, 5) is 37.6. The molecule has 0 saturated carbocycles. The largest absolute Gasteiger partial charge is 0.342 e. The summed E-state index contributed by atoms with van der Waals surface area (Å²) >= 11 is 0. The van der Waals surface area contributed by atoms with Crippen molar-refractivity contribution in [2.75, 3.05) is 18.0 Å². The number of non-ortho nitro benzene ring substituents is 1. The van der Waals surface area contributed by atoms with Crippen LogP contribution in [0.25, 0.3) is 22.2 Å². The second-order valence-electron chi connectivity index (χ2n) is 8.37. The second kappa shape index (κ2) is 8.82. The van der Waals surface area contributed by atoms with Crippen LogP contribution in [0.5, 0.6) is 0 Å². The third kappa shape index (κ3) is 4.32. The Labute approximate surface area is 190 Å². The van der Waals surface area contributed by atoms with Gasteiger partial charge in [0, 0.05) is 31.4 Å². The fraction of sp³-hybridized carbons (Fsp3) is 0.240. The maximum absolute atomic E-state index is 13.0. The predicted octanol–water partition coefficient (Wildman–Crippen LogP) is 4.35. The molecule has 5 rings (SSSR count). The van der Waals surface area contributed by atoms with E-state index in [9.17, 15) is 14.9 Å². The van der Waals surface area contributed by atoms with Gasteiger partial charge in [-0.05, 0) is 60.1 Å². The lowest BCUT2D eigenvalue weighted by atomic mass is 9.90. The molecule has 8 heteroatoms. The molecular weight excluding hydrogens is 418 g/mol. The molecule has 4 aromatic rings. The van der Waals surface area contributed by atoms with E-state index in [1.807, 2.05) is 6.07 Å². The van der Waals surface area contributed by atoms with Gasteiger partial charge in [-0.15, -0.1) is 0 Å². The van der Waals surface area contributed by atoms with E-state index >= 15 is 0 Å². The third-order valence-electron chi connectivity index (χ3n) is 6.27. The Bertz CT molecular complexity index is 1340. The first-order chi connectivity index (χ1) is 16.1. The quantitative estimate of drug-likeness (QED) is 0.365.